The van der Waals surface area contributed by atoms with E-state index in [2.05, 4.69) is 17.9 Å². The van der Waals surface area contributed by atoms with E-state index in [9.17, 15) is 9.18 Å². The number of thiol groups is 1. The van der Waals surface area contributed by atoms with E-state index in [1.165, 1.54) is 23.5 Å². The highest BCUT2D eigenvalue weighted by molar-refractivity contribution is 7.80. The van der Waals surface area contributed by atoms with Gasteiger partial charge in [0.25, 0.3) is 5.91 Å². The summed E-state index contributed by atoms with van der Waals surface area (Å²) < 4.78 is 13.1. The Kier molecular flexibility index (Phi) is 4.04. The summed E-state index contributed by atoms with van der Waals surface area (Å²) in [4.78, 5) is 13.3. The van der Waals surface area contributed by atoms with E-state index in [0.717, 1.165) is 10.5 Å². The number of carbonyl (C=O) groups excluding carboxylic acids is 1. The molecule has 18 heavy (non-hydrogen) atoms. The lowest BCUT2D eigenvalue weighted by molar-refractivity contribution is 0.0944. The zero-order valence-electron chi connectivity index (χ0n) is 9.68. The Bertz CT molecular complexity index is 568. The number of hydrogen-bond donors (Lipinski definition) is 2. The zero-order valence-corrected chi connectivity index (χ0v) is 11.4. The highest BCUT2D eigenvalue weighted by atomic mass is 32.1. The molecule has 0 spiro atoms. The topological polar surface area (TPSA) is 29.1 Å². The summed E-state index contributed by atoms with van der Waals surface area (Å²) in [5.74, 6) is -0.473. The van der Waals surface area contributed by atoms with Crippen molar-refractivity contribution >= 4 is 29.9 Å². The summed E-state index contributed by atoms with van der Waals surface area (Å²) in [6.07, 6.45) is 0. The van der Waals surface area contributed by atoms with Crippen LogP contribution < -0.4 is 5.32 Å². The number of carbonyl (C=O) groups is 1. The lowest BCUT2D eigenvalue weighted by Crippen LogP contribution is -2.25. The second-order valence-electron chi connectivity index (χ2n) is 3.92. The van der Waals surface area contributed by atoms with Crippen molar-refractivity contribution in [3.63, 3.8) is 0 Å². The summed E-state index contributed by atoms with van der Waals surface area (Å²) >= 11 is 5.49. The molecule has 0 saturated heterocycles. The second-order valence-corrected chi connectivity index (χ2v) is 5.35. The Morgan fingerprint density at radius 2 is 2.22 bits per heavy atom. The van der Waals surface area contributed by atoms with Gasteiger partial charge in [0.05, 0.1) is 10.9 Å². The van der Waals surface area contributed by atoms with Gasteiger partial charge in [0.1, 0.15) is 5.82 Å². The summed E-state index contributed by atoms with van der Waals surface area (Å²) in [6.45, 7) is 1.82. The number of halogens is 1. The molecule has 0 saturated carbocycles. The molecule has 2 rings (SSSR count). The van der Waals surface area contributed by atoms with Crippen molar-refractivity contribution in [1.29, 1.82) is 0 Å². The van der Waals surface area contributed by atoms with Gasteiger partial charge in [-0.2, -0.15) is 0 Å². The molecule has 2 nitrogen and oxygen atoms in total. The van der Waals surface area contributed by atoms with E-state index in [1.807, 2.05) is 6.92 Å². The SMILES string of the molecule is CC(NC(=O)c1cc(S)cs1)c1cccc(F)c1. The smallest absolute Gasteiger partial charge is 0.261 e. The van der Waals surface area contributed by atoms with Crippen LogP contribution in [0.25, 0.3) is 0 Å². The Labute approximate surface area is 114 Å². The molecule has 1 heterocycles. The molecule has 94 valence electrons. The van der Waals surface area contributed by atoms with E-state index in [4.69, 9.17) is 0 Å². The van der Waals surface area contributed by atoms with Gasteiger partial charge < -0.3 is 5.32 Å². The molecule has 1 amide bonds. The molecule has 1 unspecified atom stereocenters. The summed E-state index contributed by atoms with van der Waals surface area (Å²) in [5, 5.41) is 4.62. The predicted octanol–water partition coefficient (Wildman–Crippen LogP) is 3.67. The van der Waals surface area contributed by atoms with Gasteiger partial charge in [0, 0.05) is 10.3 Å². The summed E-state index contributed by atoms with van der Waals surface area (Å²) in [7, 11) is 0. The number of rotatable bonds is 3. The third kappa shape index (κ3) is 3.11. The third-order valence-electron chi connectivity index (χ3n) is 2.51. The molecule has 1 aromatic heterocycles. The van der Waals surface area contributed by atoms with Crippen molar-refractivity contribution in [2.45, 2.75) is 17.9 Å². The van der Waals surface area contributed by atoms with E-state index < -0.39 is 0 Å². The van der Waals surface area contributed by atoms with Crippen LogP contribution in [-0.2, 0) is 0 Å². The molecule has 0 radical (unpaired) electrons. The van der Waals surface area contributed by atoms with E-state index >= 15 is 0 Å². The molecule has 2 aromatic rings. The first-order valence-electron chi connectivity index (χ1n) is 5.40. The van der Waals surface area contributed by atoms with Gasteiger partial charge in [0.2, 0.25) is 0 Å². The summed E-state index contributed by atoms with van der Waals surface area (Å²) in [6, 6.07) is 7.69. The van der Waals surface area contributed by atoms with Crippen LogP contribution in [-0.4, -0.2) is 5.91 Å². The average molecular weight is 281 g/mol. The van der Waals surface area contributed by atoms with Gasteiger partial charge >= 0.3 is 0 Å². The Morgan fingerprint density at radius 3 is 2.83 bits per heavy atom. The molecule has 1 aromatic carbocycles. The maximum Gasteiger partial charge on any atom is 0.261 e. The predicted molar refractivity (Wildman–Crippen MR) is 73.9 cm³/mol. The molecular formula is C13H12FNOS2. The Balaban J connectivity index is 2.07. The van der Waals surface area contributed by atoms with Crippen molar-refractivity contribution in [1.82, 2.24) is 5.32 Å². The molecule has 0 aliphatic rings. The van der Waals surface area contributed by atoms with Crippen LogP contribution in [0.5, 0.6) is 0 Å². The van der Waals surface area contributed by atoms with Crippen LogP contribution in [0.3, 0.4) is 0 Å². The average Bonchev–Trinajstić information content (AvgIpc) is 2.76. The fourth-order valence-electron chi connectivity index (χ4n) is 1.57. The van der Waals surface area contributed by atoms with E-state index in [-0.39, 0.29) is 17.8 Å². The molecule has 0 bridgehead atoms. The zero-order chi connectivity index (χ0) is 13.1. The highest BCUT2D eigenvalue weighted by Gasteiger charge is 2.13. The first-order chi connectivity index (χ1) is 8.56. The Morgan fingerprint density at radius 1 is 1.44 bits per heavy atom. The van der Waals surface area contributed by atoms with Gasteiger partial charge in [-0.05, 0) is 30.7 Å². The van der Waals surface area contributed by atoms with Crippen LogP contribution in [0.2, 0.25) is 0 Å². The molecular weight excluding hydrogens is 269 g/mol. The first-order valence-corrected chi connectivity index (χ1v) is 6.73. The second kappa shape index (κ2) is 5.54. The van der Waals surface area contributed by atoms with Crippen LogP contribution in [0.1, 0.15) is 28.2 Å². The molecule has 1 atom stereocenters. The monoisotopic (exact) mass is 281 g/mol. The number of benzene rings is 1. The first kappa shape index (κ1) is 13.1. The quantitative estimate of drug-likeness (QED) is 0.826. The number of amides is 1. The van der Waals surface area contributed by atoms with Gasteiger partial charge in [0.15, 0.2) is 0 Å². The van der Waals surface area contributed by atoms with Crippen molar-refractivity contribution in [3.05, 3.63) is 52.0 Å². The molecule has 5 heteroatoms. The van der Waals surface area contributed by atoms with Crippen LogP contribution in [0.4, 0.5) is 4.39 Å². The summed E-state index contributed by atoms with van der Waals surface area (Å²) in [5.41, 5.74) is 0.742. The van der Waals surface area contributed by atoms with Gasteiger partial charge in [-0.25, -0.2) is 4.39 Å². The van der Waals surface area contributed by atoms with Crippen LogP contribution >= 0.6 is 24.0 Å². The third-order valence-corrected chi connectivity index (χ3v) is 3.87. The van der Waals surface area contributed by atoms with Crippen molar-refractivity contribution in [2.24, 2.45) is 0 Å². The van der Waals surface area contributed by atoms with Crippen LogP contribution in [0.15, 0.2) is 40.6 Å². The van der Waals surface area contributed by atoms with Crippen LogP contribution in [0, 0.1) is 5.82 Å². The van der Waals surface area contributed by atoms with Gasteiger partial charge in [-0.3, -0.25) is 4.79 Å². The van der Waals surface area contributed by atoms with E-state index in [0.29, 0.717) is 4.88 Å². The number of hydrogen-bond acceptors (Lipinski definition) is 3. The van der Waals surface area contributed by atoms with E-state index in [1.54, 1.807) is 23.6 Å². The Hall–Kier alpha value is -1.33. The minimum atomic E-state index is -0.303. The lowest BCUT2D eigenvalue weighted by Gasteiger charge is -2.13. The fourth-order valence-corrected chi connectivity index (χ4v) is 2.62. The maximum absolute atomic E-state index is 13.1. The largest absolute Gasteiger partial charge is 0.345 e. The lowest BCUT2D eigenvalue weighted by atomic mass is 10.1. The van der Waals surface area contributed by atoms with Gasteiger partial charge in [-0.1, -0.05) is 12.1 Å². The maximum atomic E-state index is 13.1. The normalized spacial score (nSPS) is 12.2. The highest BCUT2D eigenvalue weighted by Crippen LogP contribution is 2.19. The van der Waals surface area contributed by atoms with Gasteiger partial charge in [-0.15, -0.1) is 24.0 Å². The number of thiophene rings is 1. The standard InChI is InChI=1S/C13H12FNOS2/c1-8(9-3-2-4-10(14)5-9)15-13(16)12-6-11(17)7-18-12/h2-8,17H,1H3,(H,15,16). The van der Waals surface area contributed by atoms with Crippen molar-refractivity contribution < 1.29 is 9.18 Å². The fraction of sp³-hybridized carbons (Fsp3) is 0.154. The molecule has 0 aliphatic carbocycles. The minimum absolute atomic E-state index is 0.169. The van der Waals surface area contributed by atoms with Crippen molar-refractivity contribution in [2.75, 3.05) is 0 Å². The molecule has 1 N–H and O–H groups in total. The minimum Gasteiger partial charge on any atom is -0.345 e. The molecule has 0 fully saturated rings. The molecule has 0 aliphatic heterocycles. The number of nitrogens with one attached hydrogen (secondary N) is 1. The van der Waals surface area contributed by atoms with Crippen molar-refractivity contribution in [3.8, 4) is 0 Å².